The van der Waals surface area contributed by atoms with Crippen molar-refractivity contribution in [1.82, 2.24) is 4.31 Å². The van der Waals surface area contributed by atoms with Gasteiger partial charge in [-0.3, -0.25) is 9.10 Å². The molecular weight excluding hydrogens is 780 g/mol. The molecule has 0 aromatic heterocycles. The van der Waals surface area contributed by atoms with Gasteiger partial charge in [0, 0.05) is 25.2 Å². The SMILES string of the molecule is COC(=O)[C@H](C(C)C)N(C[C@H](Cc1ccccc1)Nc1ccccc1N(C[C@@H](N)Cc1ccccc1)S(=O)(=O)c1ccc(C)cc1)S(=O)(=O)c1ccc(C)cc1.Cl. The van der Waals surface area contributed by atoms with Gasteiger partial charge < -0.3 is 15.8 Å². The maximum Gasteiger partial charge on any atom is 0.324 e. The number of carbonyl (C=O) groups is 1. The lowest BCUT2D eigenvalue weighted by Gasteiger charge is -2.35. The van der Waals surface area contributed by atoms with Crippen LogP contribution in [0.3, 0.4) is 0 Å². The van der Waals surface area contributed by atoms with E-state index in [1.54, 1.807) is 74.5 Å². The van der Waals surface area contributed by atoms with Crippen molar-refractivity contribution in [2.24, 2.45) is 11.7 Å². The summed E-state index contributed by atoms with van der Waals surface area (Å²) >= 11 is 0. The zero-order valence-electron chi connectivity index (χ0n) is 33.0. The number of aryl methyl sites for hydroxylation is 2. The minimum atomic E-state index is -4.26. The number of carbonyl (C=O) groups excluding carboxylic acids is 1. The van der Waals surface area contributed by atoms with Crippen molar-refractivity contribution in [2.45, 2.75) is 68.5 Å². The van der Waals surface area contributed by atoms with E-state index in [0.717, 1.165) is 22.3 Å². The van der Waals surface area contributed by atoms with Crippen molar-refractivity contribution >= 4 is 49.8 Å². The predicted molar refractivity (Wildman–Crippen MR) is 231 cm³/mol. The molecule has 0 amide bonds. The van der Waals surface area contributed by atoms with Crippen LogP contribution in [-0.4, -0.2) is 65.4 Å². The number of benzene rings is 5. The Morgan fingerprint density at radius 1 is 0.667 bits per heavy atom. The molecule has 0 fully saturated rings. The van der Waals surface area contributed by atoms with E-state index in [2.05, 4.69) is 5.32 Å². The smallest absolute Gasteiger partial charge is 0.324 e. The first-order valence-corrected chi connectivity index (χ1v) is 21.5. The number of sulfonamides is 2. The number of anilines is 2. The second kappa shape index (κ2) is 20.1. The first-order valence-electron chi connectivity index (χ1n) is 18.7. The van der Waals surface area contributed by atoms with Gasteiger partial charge in [0.25, 0.3) is 10.0 Å². The number of ether oxygens (including phenoxy) is 1. The minimum Gasteiger partial charge on any atom is -0.468 e. The Kier molecular flexibility index (Phi) is 15.9. The molecule has 0 heterocycles. The van der Waals surface area contributed by atoms with E-state index in [1.165, 1.54) is 27.9 Å². The second-order valence-corrected chi connectivity index (χ2v) is 18.2. The van der Waals surface area contributed by atoms with Crippen molar-refractivity contribution < 1.29 is 26.4 Å². The number of hydrogen-bond donors (Lipinski definition) is 2. The summed E-state index contributed by atoms with van der Waals surface area (Å²) in [4.78, 5) is 13.6. The highest BCUT2D eigenvalue weighted by atomic mass is 35.5. The van der Waals surface area contributed by atoms with E-state index < -0.39 is 50.1 Å². The van der Waals surface area contributed by atoms with Gasteiger partial charge in [0.2, 0.25) is 10.0 Å². The van der Waals surface area contributed by atoms with E-state index in [9.17, 15) is 21.6 Å². The molecule has 0 aliphatic heterocycles. The van der Waals surface area contributed by atoms with Gasteiger partial charge in [-0.15, -0.1) is 12.4 Å². The van der Waals surface area contributed by atoms with Crippen LogP contribution in [-0.2, 0) is 42.4 Å². The molecule has 0 aliphatic carbocycles. The molecule has 57 heavy (non-hydrogen) atoms. The van der Waals surface area contributed by atoms with Gasteiger partial charge in [0.1, 0.15) is 6.04 Å². The molecule has 0 spiro atoms. The number of nitrogens with two attached hydrogens (primary N) is 1. The summed E-state index contributed by atoms with van der Waals surface area (Å²) < 4.78 is 66.2. The number of para-hydroxylation sites is 2. The van der Waals surface area contributed by atoms with Crippen molar-refractivity contribution in [2.75, 3.05) is 29.8 Å². The van der Waals surface area contributed by atoms with Gasteiger partial charge in [0.15, 0.2) is 0 Å². The third-order valence-electron chi connectivity index (χ3n) is 9.62. The van der Waals surface area contributed by atoms with E-state index in [-0.39, 0.29) is 35.3 Å². The normalized spacial score (nSPS) is 13.3. The van der Waals surface area contributed by atoms with Gasteiger partial charge in [-0.25, -0.2) is 16.8 Å². The Balaban J connectivity index is 0.00000720. The molecule has 0 unspecified atom stereocenters. The van der Waals surface area contributed by atoms with E-state index in [1.807, 2.05) is 74.5 Å². The Morgan fingerprint density at radius 2 is 1.14 bits per heavy atom. The quantitative estimate of drug-likeness (QED) is 0.0872. The minimum absolute atomic E-state index is 0. The number of methoxy groups -OCH3 is 1. The third kappa shape index (κ3) is 11.5. The second-order valence-electron chi connectivity index (χ2n) is 14.4. The molecule has 3 N–H and O–H groups in total. The van der Waals surface area contributed by atoms with Crippen LogP contribution in [0.15, 0.2) is 143 Å². The molecule has 0 aliphatic rings. The van der Waals surface area contributed by atoms with Crippen LogP contribution in [0.25, 0.3) is 0 Å². The third-order valence-corrected chi connectivity index (χ3v) is 13.3. The first-order chi connectivity index (χ1) is 26.7. The fraction of sp³-hybridized carbons (Fsp3) is 0.295. The lowest BCUT2D eigenvalue weighted by molar-refractivity contribution is -0.146. The first kappa shape index (κ1) is 45.0. The van der Waals surface area contributed by atoms with Gasteiger partial charge in [0.05, 0.1) is 28.3 Å². The molecule has 5 aromatic rings. The summed E-state index contributed by atoms with van der Waals surface area (Å²) in [5.74, 6) is -1.13. The van der Waals surface area contributed by atoms with E-state index in [4.69, 9.17) is 10.5 Å². The van der Waals surface area contributed by atoms with Crippen LogP contribution >= 0.6 is 12.4 Å². The maximum absolute atomic E-state index is 14.6. The average molecular weight is 834 g/mol. The number of hydrogen-bond acceptors (Lipinski definition) is 8. The maximum atomic E-state index is 14.6. The summed E-state index contributed by atoms with van der Waals surface area (Å²) in [6, 6.07) is 37.1. The number of esters is 1. The number of halogens is 1. The zero-order valence-corrected chi connectivity index (χ0v) is 35.4. The van der Waals surface area contributed by atoms with Crippen LogP contribution in [0, 0.1) is 19.8 Å². The number of nitrogens with zero attached hydrogens (tertiary/aromatic N) is 2. The van der Waals surface area contributed by atoms with Crippen LogP contribution in [0.1, 0.15) is 36.1 Å². The van der Waals surface area contributed by atoms with Gasteiger partial charge in [-0.05, 0) is 80.1 Å². The van der Waals surface area contributed by atoms with Crippen molar-refractivity contribution in [3.05, 3.63) is 156 Å². The molecule has 3 atom stereocenters. The lowest BCUT2D eigenvalue weighted by atomic mass is 10.0. The summed E-state index contributed by atoms with van der Waals surface area (Å²) in [5, 5.41) is 3.54. The Bertz CT molecular complexity index is 2260. The number of nitrogens with one attached hydrogen (secondary N) is 1. The number of rotatable bonds is 18. The summed E-state index contributed by atoms with van der Waals surface area (Å²) in [5.41, 5.74) is 11.2. The van der Waals surface area contributed by atoms with Crippen LogP contribution in [0.5, 0.6) is 0 Å². The molecule has 10 nitrogen and oxygen atoms in total. The molecule has 13 heteroatoms. The topological polar surface area (TPSA) is 139 Å². The molecule has 5 aromatic carbocycles. The van der Waals surface area contributed by atoms with Crippen LogP contribution in [0.4, 0.5) is 11.4 Å². The van der Waals surface area contributed by atoms with Gasteiger partial charge >= 0.3 is 5.97 Å². The van der Waals surface area contributed by atoms with Gasteiger partial charge in [-0.2, -0.15) is 4.31 Å². The Labute approximate surface area is 344 Å². The Morgan fingerprint density at radius 3 is 1.65 bits per heavy atom. The average Bonchev–Trinajstić information content (AvgIpc) is 3.18. The molecule has 5 rings (SSSR count). The summed E-state index contributed by atoms with van der Waals surface area (Å²) in [6.45, 7) is 7.12. The Hall–Kier alpha value is -4.72. The highest BCUT2D eigenvalue weighted by molar-refractivity contribution is 7.92. The largest absolute Gasteiger partial charge is 0.468 e. The van der Waals surface area contributed by atoms with Crippen molar-refractivity contribution in [3.8, 4) is 0 Å². The van der Waals surface area contributed by atoms with E-state index >= 15 is 0 Å². The fourth-order valence-electron chi connectivity index (χ4n) is 6.72. The van der Waals surface area contributed by atoms with E-state index in [0.29, 0.717) is 24.2 Å². The summed E-state index contributed by atoms with van der Waals surface area (Å²) in [6.07, 6.45) is 0.766. The zero-order chi connectivity index (χ0) is 40.5. The molecule has 0 saturated heterocycles. The predicted octanol–water partition coefficient (Wildman–Crippen LogP) is 7.40. The van der Waals surface area contributed by atoms with Crippen molar-refractivity contribution in [1.29, 1.82) is 0 Å². The standard InChI is InChI=1S/C44H52N4O6S2.ClH/c1-32(2)43(44(49)54-5)48(56(52,53)40-26-22-34(4)23-27-40)31-38(29-36-16-10-7-11-17-36)46-41-18-12-13-19-42(41)47(30-37(45)28-35-14-8-6-9-15-35)55(50,51)39-24-20-33(3)21-25-39;/h6-27,32,37-38,43,46H,28-31,45H2,1-5H3;1H/t37-,38-,43-;/m0./s1. The monoisotopic (exact) mass is 832 g/mol. The van der Waals surface area contributed by atoms with Gasteiger partial charge in [-0.1, -0.05) is 122 Å². The summed E-state index contributed by atoms with van der Waals surface area (Å²) in [7, 11) is -7.17. The fourth-order valence-corrected chi connectivity index (χ4v) is 10.0. The molecule has 0 radical (unpaired) electrons. The molecular formula is C44H53ClN4O6S2. The molecule has 0 bridgehead atoms. The van der Waals surface area contributed by atoms with Crippen LogP contribution in [0.2, 0.25) is 0 Å². The van der Waals surface area contributed by atoms with Crippen LogP contribution < -0.4 is 15.4 Å². The van der Waals surface area contributed by atoms with Crippen molar-refractivity contribution in [3.63, 3.8) is 0 Å². The highest BCUT2D eigenvalue weighted by Gasteiger charge is 2.40. The highest BCUT2D eigenvalue weighted by Crippen LogP contribution is 2.33. The lowest BCUT2D eigenvalue weighted by Crippen LogP contribution is -2.52. The molecule has 0 saturated carbocycles. The molecule has 304 valence electrons.